The number of thiazole rings is 1. The zero-order chi connectivity index (χ0) is 19.9. The number of nitrogens with one attached hydrogen (secondary N) is 1. The third kappa shape index (κ3) is 5.08. The van der Waals surface area contributed by atoms with Crippen LogP contribution >= 0.6 is 27.3 Å². The minimum absolute atomic E-state index is 0.158. The van der Waals surface area contributed by atoms with Gasteiger partial charge in [-0.15, -0.1) is 11.3 Å². The molecule has 2 heterocycles. The Morgan fingerprint density at radius 2 is 1.89 bits per heavy atom. The number of carbonyl (C=O) groups excluding carboxylic acids is 1. The van der Waals surface area contributed by atoms with Crippen LogP contribution in [-0.4, -0.2) is 29.1 Å². The molecule has 1 aromatic carbocycles. The number of halogens is 1. The molecule has 0 spiro atoms. The normalized spacial score (nSPS) is 10.5. The number of nitrogens with zero attached hydrogens (tertiary/aromatic N) is 2. The molecule has 0 fully saturated rings. The zero-order valence-electron chi connectivity index (χ0n) is 15.6. The van der Waals surface area contributed by atoms with Crippen molar-refractivity contribution < 1.29 is 14.3 Å². The van der Waals surface area contributed by atoms with Gasteiger partial charge in [0.15, 0.2) is 16.6 Å². The van der Waals surface area contributed by atoms with Gasteiger partial charge in [0.05, 0.1) is 25.3 Å². The summed E-state index contributed by atoms with van der Waals surface area (Å²) in [6.45, 7) is 4.88. The van der Waals surface area contributed by atoms with E-state index in [1.54, 1.807) is 6.20 Å². The van der Waals surface area contributed by atoms with E-state index in [0.29, 0.717) is 29.8 Å². The number of benzene rings is 1. The molecule has 8 heteroatoms. The van der Waals surface area contributed by atoms with Crippen LogP contribution in [0.15, 0.2) is 46.4 Å². The summed E-state index contributed by atoms with van der Waals surface area (Å²) in [7, 11) is 0. The second-order valence-corrected chi connectivity index (χ2v) is 7.45. The van der Waals surface area contributed by atoms with E-state index < -0.39 is 0 Å². The van der Waals surface area contributed by atoms with Crippen LogP contribution in [0.25, 0.3) is 11.4 Å². The summed E-state index contributed by atoms with van der Waals surface area (Å²) in [5.41, 5.74) is 2.32. The molecule has 0 saturated heterocycles. The Kier molecular flexibility index (Phi) is 7.00. The van der Waals surface area contributed by atoms with Gasteiger partial charge in [0.25, 0.3) is 0 Å². The van der Waals surface area contributed by atoms with Crippen LogP contribution in [0.2, 0.25) is 0 Å². The largest absolute Gasteiger partial charge is 0.490 e. The van der Waals surface area contributed by atoms with Crippen LogP contribution in [0.1, 0.15) is 19.4 Å². The van der Waals surface area contributed by atoms with Gasteiger partial charge in [-0.25, -0.2) is 4.98 Å². The first-order chi connectivity index (χ1) is 13.6. The lowest BCUT2D eigenvalue weighted by Gasteiger charge is -2.14. The predicted octanol–water partition coefficient (Wildman–Crippen LogP) is 4.95. The summed E-state index contributed by atoms with van der Waals surface area (Å²) in [6, 6.07) is 9.30. The number of hydrogen-bond acceptors (Lipinski definition) is 6. The van der Waals surface area contributed by atoms with Gasteiger partial charge in [0, 0.05) is 16.0 Å². The summed E-state index contributed by atoms with van der Waals surface area (Å²) < 4.78 is 12.0. The van der Waals surface area contributed by atoms with Crippen LogP contribution < -0.4 is 14.8 Å². The summed E-state index contributed by atoms with van der Waals surface area (Å²) in [5, 5.41) is 5.26. The maximum absolute atomic E-state index is 12.5. The van der Waals surface area contributed by atoms with Crippen molar-refractivity contribution in [1.29, 1.82) is 0 Å². The molecular weight excluding hydrogens is 442 g/mol. The number of carbonyl (C=O) groups is 1. The molecule has 0 aliphatic rings. The molecule has 1 amide bonds. The standard InChI is InChI=1S/C20H20BrN3O3S/c1-3-26-17-9-13(14(21)11-18(17)27-4-2)10-19(25)24-20-23-16(12-28-20)15-7-5-6-8-22-15/h5-9,11-12H,3-4,10H2,1-2H3,(H,23,24,25). The van der Waals surface area contributed by atoms with Crippen LogP contribution in [-0.2, 0) is 11.2 Å². The first kappa shape index (κ1) is 20.3. The quantitative estimate of drug-likeness (QED) is 0.513. The average molecular weight is 462 g/mol. The van der Waals surface area contributed by atoms with E-state index in [1.807, 2.05) is 49.6 Å². The fraction of sp³-hybridized carbons (Fsp3) is 0.250. The summed E-state index contributed by atoms with van der Waals surface area (Å²) in [6.07, 6.45) is 1.90. The summed E-state index contributed by atoms with van der Waals surface area (Å²) >= 11 is 4.88. The highest BCUT2D eigenvalue weighted by Gasteiger charge is 2.15. The Hall–Kier alpha value is -2.45. The van der Waals surface area contributed by atoms with E-state index >= 15 is 0 Å². The van der Waals surface area contributed by atoms with E-state index in [2.05, 4.69) is 31.2 Å². The van der Waals surface area contributed by atoms with E-state index in [0.717, 1.165) is 21.4 Å². The number of ether oxygens (including phenoxy) is 2. The molecule has 0 saturated carbocycles. The molecule has 1 N–H and O–H groups in total. The average Bonchev–Trinajstić information content (AvgIpc) is 3.15. The van der Waals surface area contributed by atoms with Crippen LogP contribution in [0, 0.1) is 0 Å². The Bertz CT molecular complexity index is 947. The van der Waals surface area contributed by atoms with Crippen molar-refractivity contribution in [3.8, 4) is 22.9 Å². The highest BCUT2D eigenvalue weighted by Crippen LogP contribution is 2.34. The molecule has 146 valence electrons. The Morgan fingerprint density at radius 1 is 1.14 bits per heavy atom. The van der Waals surface area contributed by atoms with Gasteiger partial charge in [-0.3, -0.25) is 9.78 Å². The van der Waals surface area contributed by atoms with E-state index in [-0.39, 0.29) is 12.3 Å². The van der Waals surface area contributed by atoms with Crippen molar-refractivity contribution in [2.75, 3.05) is 18.5 Å². The molecule has 0 radical (unpaired) electrons. The first-order valence-electron chi connectivity index (χ1n) is 8.85. The molecule has 3 rings (SSSR count). The van der Waals surface area contributed by atoms with Crippen LogP contribution in [0.4, 0.5) is 5.13 Å². The number of aromatic nitrogens is 2. The van der Waals surface area contributed by atoms with E-state index in [1.165, 1.54) is 11.3 Å². The molecule has 0 atom stereocenters. The van der Waals surface area contributed by atoms with E-state index in [9.17, 15) is 4.79 Å². The lowest BCUT2D eigenvalue weighted by Crippen LogP contribution is -2.15. The summed E-state index contributed by atoms with van der Waals surface area (Å²) in [5.74, 6) is 1.12. The molecular formula is C20H20BrN3O3S. The third-order valence-electron chi connectivity index (χ3n) is 3.74. The topological polar surface area (TPSA) is 73.3 Å². The number of hydrogen-bond donors (Lipinski definition) is 1. The number of anilines is 1. The van der Waals surface area contributed by atoms with Gasteiger partial charge in [0.2, 0.25) is 5.91 Å². The van der Waals surface area contributed by atoms with Gasteiger partial charge in [0.1, 0.15) is 5.69 Å². The van der Waals surface area contributed by atoms with Crippen molar-refractivity contribution >= 4 is 38.3 Å². The van der Waals surface area contributed by atoms with Crippen molar-refractivity contribution in [3.05, 3.63) is 51.9 Å². The maximum Gasteiger partial charge on any atom is 0.230 e. The molecule has 0 aliphatic heterocycles. The van der Waals surface area contributed by atoms with Gasteiger partial charge in [-0.05, 0) is 43.7 Å². The van der Waals surface area contributed by atoms with Gasteiger partial charge in [-0.2, -0.15) is 0 Å². The maximum atomic E-state index is 12.5. The molecule has 2 aromatic heterocycles. The number of rotatable bonds is 8. The molecule has 3 aromatic rings. The van der Waals surface area contributed by atoms with Gasteiger partial charge in [-0.1, -0.05) is 22.0 Å². The highest BCUT2D eigenvalue weighted by atomic mass is 79.9. The molecule has 0 aliphatic carbocycles. The lowest BCUT2D eigenvalue weighted by molar-refractivity contribution is -0.115. The molecule has 0 unspecified atom stereocenters. The van der Waals surface area contributed by atoms with Crippen LogP contribution in [0.3, 0.4) is 0 Å². The first-order valence-corrected chi connectivity index (χ1v) is 10.5. The molecule has 6 nitrogen and oxygen atoms in total. The fourth-order valence-corrected chi connectivity index (χ4v) is 3.73. The smallest absolute Gasteiger partial charge is 0.230 e. The molecule has 28 heavy (non-hydrogen) atoms. The number of pyridine rings is 1. The van der Waals surface area contributed by atoms with Crippen molar-refractivity contribution in [3.63, 3.8) is 0 Å². The zero-order valence-corrected chi connectivity index (χ0v) is 18.0. The minimum atomic E-state index is -0.158. The lowest BCUT2D eigenvalue weighted by atomic mass is 10.1. The van der Waals surface area contributed by atoms with Crippen molar-refractivity contribution in [1.82, 2.24) is 9.97 Å². The monoisotopic (exact) mass is 461 g/mol. The van der Waals surface area contributed by atoms with Crippen LogP contribution in [0.5, 0.6) is 11.5 Å². The predicted molar refractivity (Wildman–Crippen MR) is 114 cm³/mol. The Balaban J connectivity index is 1.71. The Morgan fingerprint density at radius 3 is 2.57 bits per heavy atom. The number of amides is 1. The van der Waals surface area contributed by atoms with Crippen molar-refractivity contribution in [2.24, 2.45) is 0 Å². The Labute approximate surface area is 176 Å². The SMILES string of the molecule is CCOc1cc(Br)c(CC(=O)Nc2nc(-c3ccccn3)cs2)cc1OCC. The molecule has 0 bridgehead atoms. The van der Waals surface area contributed by atoms with Gasteiger partial charge < -0.3 is 14.8 Å². The van der Waals surface area contributed by atoms with Crippen molar-refractivity contribution in [2.45, 2.75) is 20.3 Å². The van der Waals surface area contributed by atoms with E-state index in [4.69, 9.17) is 9.47 Å². The van der Waals surface area contributed by atoms with Gasteiger partial charge >= 0.3 is 0 Å². The third-order valence-corrected chi connectivity index (χ3v) is 5.24. The second kappa shape index (κ2) is 9.66. The summed E-state index contributed by atoms with van der Waals surface area (Å²) in [4.78, 5) is 21.2. The minimum Gasteiger partial charge on any atom is -0.490 e. The highest BCUT2D eigenvalue weighted by molar-refractivity contribution is 9.10. The second-order valence-electron chi connectivity index (χ2n) is 5.73. The fourth-order valence-electron chi connectivity index (χ4n) is 2.55.